The van der Waals surface area contributed by atoms with Gasteiger partial charge in [0.25, 0.3) is 0 Å². The van der Waals surface area contributed by atoms with Crippen LogP contribution in [0.15, 0.2) is 0 Å². The molecule has 54 valence electrons. The van der Waals surface area contributed by atoms with Gasteiger partial charge in [0.2, 0.25) is 0 Å². The standard InChI is InChI=1S/C7H14O2/c1-2-3-6-7(9-6)4-5-8/h6-8H,2-5H2,1H3/t6-,7+/m0/s1. The quantitative estimate of drug-likeness (QED) is 0.574. The van der Waals surface area contributed by atoms with Gasteiger partial charge in [0, 0.05) is 6.61 Å². The van der Waals surface area contributed by atoms with E-state index in [2.05, 4.69) is 6.92 Å². The van der Waals surface area contributed by atoms with Crippen LogP contribution in [0.2, 0.25) is 0 Å². The third-order valence-electron chi connectivity index (χ3n) is 1.67. The van der Waals surface area contributed by atoms with Crippen LogP contribution >= 0.6 is 0 Å². The lowest BCUT2D eigenvalue weighted by atomic mass is 10.2. The smallest absolute Gasteiger partial charge is 0.0863 e. The van der Waals surface area contributed by atoms with Gasteiger partial charge in [-0.25, -0.2) is 0 Å². The summed E-state index contributed by atoms with van der Waals surface area (Å²) < 4.78 is 5.24. The Balaban J connectivity index is 1.96. The number of hydrogen-bond acceptors (Lipinski definition) is 2. The van der Waals surface area contributed by atoms with Crippen molar-refractivity contribution in [2.45, 2.75) is 38.4 Å². The van der Waals surface area contributed by atoms with Crippen molar-refractivity contribution in [3.63, 3.8) is 0 Å². The first-order valence-corrected chi connectivity index (χ1v) is 3.64. The monoisotopic (exact) mass is 130 g/mol. The molecule has 1 N–H and O–H groups in total. The van der Waals surface area contributed by atoms with Gasteiger partial charge in [-0.3, -0.25) is 0 Å². The molecule has 0 aromatic rings. The first kappa shape index (κ1) is 7.03. The molecule has 2 heteroatoms. The summed E-state index contributed by atoms with van der Waals surface area (Å²) in [6.07, 6.45) is 4.03. The van der Waals surface area contributed by atoms with E-state index >= 15 is 0 Å². The van der Waals surface area contributed by atoms with Gasteiger partial charge in [-0.05, 0) is 12.8 Å². The Hall–Kier alpha value is -0.0800. The second-order valence-corrected chi connectivity index (χ2v) is 2.51. The first-order valence-electron chi connectivity index (χ1n) is 3.64. The van der Waals surface area contributed by atoms with Crippen LogP contribution in [0.1, 0.15) is 26.2 Å². The SMILES string of the molecule is CCC[C@@H]1O[C@@H]1CCO. The summed E-state index contributed by atoms with van der Waals surface area (Å²) in [6.45, 7) is 2.42. The highest BCUT2D eigenvalue weighted by atomic mass is 16.6. The van der Waals surface area contributed by atoms with Crippen LogP contribution in [0.5, 0.6) is 0 Å². The summed E-state index contributed by atoms with van der Waals surface area (Å²) >= 11 is 0. The van der Waals surface area contributed by atoms with Crippen LogP contribution in [0.25, 0.3) is 0 Å². The Morgan fingerprint density at radius 3 is 2.56 bits per heavy atom. The molecule has 1 aliphatic rings. The Kier molecular flexibility index (Phi) is 2.49. The summed E-state index contributed by atoms with van der Waals surface area (Å²) in [6, 6.07) is 0. The zero-order chi connectivity index (χ0) is 6.69. The van der Waals surface area contributed by atoms with Crippen molar-refractivity contribution in [1.29, 1.82) is 0 Å². The fourth-order valence-electron chi connectivity index (χ4n) is 1.10. The van der Waals surface area contributed by atoms with E-state index < -0.39 is 0 Å². The van der Waals surface area contributed by atoms with Crippen LogP contribution in [-0.4, -0.2) is 23.9 Å². The third kappa shape index (κ3) is 1.95. The minimum atomic E-state index is 0.269. The van der Waals surface area contributed by atoms with Crippen molar-refractivity contribution >= 4 is 0 Å². The second-order valence-electron chi connectivity index (χ2n) is 2.51. The number of ether oxygens (including phenoxy) is 1. The average Bonchev–Trinajstić information content (AvgIpc) is 2.50. The maximum Gasteiger partial charge on any atom is 0.0863 e. The minimum absolute atomic E-state index is 0.269. The molecule has 0 aromatic heterocycles. The van der Waals surface area contributed by atoms with Crippen molar-refractivity contribution in [3.05, 3.63) is 0 Å². The van der Waals surface area contributed by atoms with Crippen molar-refractivity contribution < 1.29 is 9.84 Å². The normalized spacial score (nSPS) is 32.7. The van der Waals surface area contributed by atoms with Crippen LogP contribution in [0.4, 0.5) is 0 Å². The molecule has 1 saturated heterocycles. The Bertz CT molecular complexity index is 73.0. The minimum Gasteiger partial charge on any atom is -0.396 e. The fraction of sp³-hybridized carbons (Fsp3) is 1.00. The summed E-state index contributed by atoms with van der Waals surface area (Å²) in [4.78, 5) is 0. The maximum atomic E-state index is 8.48. The van der Waals surface area contributed by atoms with E-state index in [9.17, 15) is 0 Å². The topological polar surface area (TPSA) is 32.8 Å². The summed E-state index contributed by atoms with van der Waals surface area (Å²) in [7, 11) is 0. The van der Waals surface area contributed by atoms with Crippen LogP contribution < -0.4 is 0 Å². The molecule has 0 amide bonds. The van der Waals surface area contributed by atoms with Crippen molar-refractivity contribution in [2.24, 2.45) is 0 Å². The molecule has 1 aliphatic heterocycles. The van der Waals surface area contributed by atoms with Gasteiger partial charge in [0.05, 0.1) is 12.2 Å². The van der Waals surface area contributed by atoms with Gasteiger partial charge >= 0.3 is 0 Å². The molecule has 0 bridgehead atoms. The van der Waals surface area contributed by atoms with Crippen molar-refractivity contribution in [2.75, 3.05) is 6.61 Å². The van der Waals surface area contributed by atoms with Crippen LogP contribution in [-0.2, 0) is 4.74 Å². The van der Waals surface area contributed by atoms with E-state index in [1.807, 2.05) is 0 Å². The lowest BCUT2D eigenvalue weighted by molar-refractivity contribution is 0.262. The van der Waals surface area contributed by atoms with Crippen LogP contribution in [0, 0.1) is 0 Å². The lowest BCUT2D eigenvalue weighted by Crippen LogP contribution is -1.95. The highest BCUT2D eigenvalue weighted by Crippen LogP contribution is 2.28. The fourth-order valence-corrected chi connectivity index (χ4v) is 1.10. The number of rotatable bonds is 4. The Morgan fingerprint density at radius 2 is 2.00 bits per heavy atom. The van der Waals surface area contributed by atoms with Crippen LogP contribution in [0.3, 0.4) is 0 Å². The Morgan fingerprint density at radius 1 is 1.33 bits per heavy atom. The second kappa shape index (κ2) is 3.18. The zero-order valence-electron chi connectivity index (χ0n) is 5.84. The van der Waals surface area contributed by atoms with Gasteiger partial charge in [0.1, 0.15) is 0 Å². The summed E-state index contributed by atoms with van der Waals surface area (Å²) in [5, 5.41) is 8.48. The molecule has 1 heterocycles. The average molecular weight is 130 g/mol. The third-order valence-corrected chi connectivity index (χ3v) is 1.67. The molecule has 1 fully saturated rings. The van der Waals surface area contributed by atoms with E-state index in [0.29, 0.717) is 12.2 Å². The molecular formula is C7H14O2. The van der Waals surface area contributed by atoms with Gasteiger partial charge < -0.3 is 9.84 Å². The van der Waals surface area contributed by atoms with Crippen molar-refractivity contribution in [3.8, 4) is 0 Å². The zero-order valence-corrected chi connectivity index (χ0v) is 5.84. The molecule has 2 atom stereocenters. The predicted molar refractivity (Wildman–Crippen MR) is 35.3 cm³/mol. The molecule has 0 radical (unpaired) electrons. The highest BCUT2D eigenvalue weighted by molar-refractivity contribution is 4.83. The lowest BCUT2D eigenvalue weighted by Gasteiger charge is -1.87. The maximum absolute atomic E-state index is 8.48. The molecule has 0 aliphatic carbocycles. The molecular weight excluding hydrogens is 116 g/mol. The van der Waals surface area contributed by atoms with Gasteiger partial charge in [-0.15, -0.1) is 0 Å². The molecule has 0 unspecified atom stereocenters. The van der Waals surface area contributed by atoms with Gasteiger partial charge in [-0.2, -0.15) is 0 Å². The predicted octanol–water partition coefficient (Wildman–Crippen LogP) is 0.936. The van der Waals surface area contributed by atoms with E-state index in [1.54, 1.807) is 0 Å². The molecule has 0 spiro atoms. The summed E-state index contributed by atoms with van der Waals surface area (Å²) in [5.41, 5.74) is 0. The number of epoxide rings is 1. The van der Waals surface area contributed by atoms with E-state index in [-0.39, 0.29) is 6.61 Å². The van der Waals surface area contributed by atoms with Gasteiger partial charge in [-0.1, -0.05) is 13.3 Å². The number of hydrogen-bond donors (Lipinski definition) is 1. The molecule has 9 heavy (non-hydrogen) atoms. The van der Waals surface area contributed by atoms with E-state index in [1.165, 1.54) is 6.42 Å². The van der Waals surface area contributed by atoms with Gasteiger partial charge in [0.15, 0.2) is 0 Å². The van der Waals surface area contributed by atoms with E-state index in [0.717, 1.165) is 12.8 Å². The molecule has 0 saturated carbocycles. The highest BCUT2D eigenvalue weighted by Gasteiger charge is 2.36. The number of aliphatic hydroxyl groups is 1. The summed E-state index contributed by atoms with van der Waals surface area (Å²) in [5.74, 6) is 0. The number of aliphatic hydroxyl groups excluding tert-OH is 1. The van der Waals surface area contributed by atoms with E-state index in [4.69, 9.17) is 9.84 Å². The molecule has 0 aromatic carbocycles. The molecule has 1 rings (SSSR count). The first-order chi connectivity index (χ1) is 4.38. The Labute approximate surface area is 55.8 Å². The largest absolute Gasteiger partial charge is 0.396 e. The van der Waals surface area contributed by atoms with Crippen molar-refractivity contribution in [1.82, 2.24) is 0 Å². The molecule has 2 nitrogen and oxygen atoms in total.